The highest BCUT2D eigenvalue weighted by Crippen LogP contribution is 2.41. The molecule has 0 bridgehead atoms. The van der Waals surface area contributed by atoms with Gasteiger partial charge in [-0.3, -0.25) is 5.32 Å². The number of hydrogen-bond acceptors (Lipinski definition) is 4. The van der Waals surface area contributed by atoms with Gasteiger partial charge >= 0.3 is 6.09 Å². The van der Waals surface area contributed by atoms with Crippen LogP contribution in [0.1, 0.15) is 65.7 Å². The summed E-state index contributed by atoms with van der Waals surface area (Å²) in [6.45, 7) is 5.52. The van der Waals surface area contributed by atoms with E-state index in [0.717, 1.165) is 17.5 Å². The van der Waals surface area contributed by atoms with Gasteiger partial charge in [-0.15, -0.1) is 0 Å². The Morgan fingerprint density at radius 3 is 2.56 bits per heavy atom. The van der Waals surface area contributed by atoms with Crippen LogP contribution in [0.15, 0.2) is 18.3 Å². The highest BCUT2D eigenvalue weighted by molar-refractivity contribution is 5.83. The number of anilines is 2. The Kier molecular flexibility index (Phi) is 5.50. The Bertz CT molecular complexity index is 580. The van der Waals surface area contributed by atoms with Crippen LogP contribution in [0.2, 0.25) is 0 Å². The number of aromatic nitrogens is 1. The van der Waals surface area contributed by atoms with Crippen molar-refractivity contribution in [3.8, 4) is 0 Å². The first-order valence-corrected chi connectivity index (χ1v) is 9.62. The van der Waals surface area contributed by atoms with E-state index in [1.165, 1.54) is 44.9 Å². The van der Waals surface area contributed by atoms with Gasteiger partial charge in [0.05, 0.1) is 11.9 Å². The number of nitrogens with zero attached hydrogens (tertiary/aromatic N) is 1. The predicted octanol–water partition coefficient (Wildman–Crippen LogP) is 5.20. The van der Waals surface area contributed by atoms with Gasteiger partial charge in [-0.1, -0.05) is 25.7 Å². The van der Waals surface area contributed by atoms with Gasteiger partial charge < -0.3 is 10.1 Å². The van der Waals surface area contributed by atoms with E-state index in [4.69, 9.17) is 4.74 Å². The van der Waals surface area contributed by atoms with Crippen molar-refractivity contribution in [1.29, 1.82) is 0 Å². The molecule has 25 heavy (non-hydrogen) atoms. The lowest BCUT2D eigenvalue weighted by Gasteiger charge is -2.39. The fourth-order valence-corrected chi connectivity index (χ4v) is 4.20. The summed E-state index contributed by atoms with van der Waals surface area (Å²) in [5.41, 5.74) is 0.512. The van der Waals surface area contributed by atoms with Gasteiger partial charge in [0, 0.05) is 6.04 Å². The average molecular weight is 345 g/mol. The lowest BCUT2D eigenvalue weighted by atomic mass is 9.69. The zero-order chi connectivity index (χ0) is 17.9. The van der Waals surface area contributed by atoms with Gasteiger partial charge in [-0.2, -0.15) is 0 Å². The van der Waals surface area contributed by atoms with Crippen LogP contribution in [0.25, 0.3) is 0 Å². The van der Waals surface area contributed by atoms with E-state index < -0.39 is 11.7 Å². The monoisotopic (exact) mass is 345 g/mol. The Balaban J connectivity index is 1.50. The minimum atomic E-state index is -0.510. The van der Waals surface area contributed by atoms with E-state index in [1.54, 1.807) is 6.20 Å². The first-order valence-electron chi connectivity index (χ1n) is 9.62. The van der Waals surface area contributed by atoms with Crippen molar-refractivity contribution in [2.75, 3.05) is 10.6 Å². The van der Waals surface area contributed by atoms with E-state index in [1.807, 2.05) is 32.9 Å². The van der Waals surface area contributed by atoms with E-state index >= 15 is 0 Å². The molecule has 1 aromatic rings. The molecule has 0 aliphatic heterocycles. The Morgan fingerprint density at radius 2 is 1.88 bits per heavy atom. The largest absolute Gasteiger partial charge is 0.444 e. The van der Waals surface area contributed by atoms with Crippen molar-refractivity contribution in [3.05, 3.63) is 18.3 Å². The predicted molar refractivity (Wildman–Crippen MR) is 101 cm³/mol. The second-order valence-corrected chi connectivity index (χ2v) is 8.52. The fourth-order valence-electron chi connectivity index (χ4n) is 4.20. The number of amides is 1. The van der Waals surface area contributed by atoms with E-state index in [0.29, 0.717) is 11.9 Å². The lowest BCUT2D eigenvalue weighted by Crippen LogP contribution is -2.34. The quantitative estimate of drug-likeness (QED) is 0.790. The number of hydrogen-bond donors (Lipinski definition) is 2. The van der Waals surface area contributed by atoms with Crippen molar-refractivity contribution in [2.24, 2.45) is 11.8 Å². The molecule has 5 nitrogen and oxygen atoms in total. The smallest absolute Gasteiger partial charge is 0.413 e. The van der Waals surface area contributed by atoms with Crippen LogP contribution in [0, 0.1) is 11.8 Å². The number of nitrogens with one attached hydrogen (secondary N) is 2. The summed E-state index contributed by atoms with van der Waals surface area (Å²) >= 11 is 0. The minimum Gasteiger partial charge on any atom is -0.444 e. The summed E-state index contributed by atoms with van der Waals surface area (Å²) in [6, 6.07) is 4.34. The van der Waals surface area contributed by atoms with Crippen LogP contribution in [-0.2, 0) is 4.74 Å². The Morgan fingerprint density at radius 1 is 1.12 bits per heavy atom. The summed E-state index contributed by atoms with van der Waals surface area (Å²) in [7, 11) is 0. The van der Waals surface area contributed by atoms with Gasteiger partial charge in [0.15, 0.2) is 0 Å². The maximum Gasteiger partial charge on any atom is 0.413 e. The first-order chi connectivity index (χ1) is 11.9. The molecule has 0 aromatic carbocycles. The molecular weight excluding hydrogens is 314 g/mol. The van der Waals surface area contributed by atoms with Crippen molar-refractivity contribution >= 4 is 17.6 Å². The van der Waals surface area contributed by atoms with Crippen LogP contribution in [0.4, 0.5) is 16.3 Å². The molecule has 2 aliphatic carbocycles. The third-order valence-corrected chi connectivity index (χ3v) is 5.30. The summed E-state index contributed by atoms with van der Waals surface area (Å²) < 4.78 is 5.24. The summed E-state index contributed by atoms with van der Waals surface area (Å²) in [6.07, 6.45) is 10.9. The van der Waals surface area contributed by atoms with E-state index in [-0.39, 0.29) is 0 Å². The summed E-state index contributed by atoms with van der Waals surface area (Å²) in [5.74, 6) is 2.38. The number of ether oxygens (including phenoxy) is 1. The molecule has 2 N–H and O–H groups in total. The lowest BCUT2D eigenvalue weighted by molar-refractivity contribution is 0.0635. The molecule has 138 valence electrons. The molecular formula is C20H31N3O2. The van der Waals surface area contributed by atoms with Gasteiger partial charge in [0.2, 0.25) is 0 Å². The summed E-state index contributed by atoms with van der Waals surface area (Å²) in [4.78, 5) is 16.1. The van der Waals surface area contributed by atoms with Crippen LogP contribution >= 0.6 is 0 Å². The number of pyridine rings is 1. The third kappa shape index (κ3) is 5.35. The maximum atomic E-state index is 11.8. The molecule has 1 amide bonds. The fraction of sp³-hybridized carbons (Fsp3) is 0.700. The van der Waals surface area contributed by atoms with E-state index in [2.05, 4.69) is 15.6 Å². The second kappa shape index (κ2) is 7.63. The first kappa shape index (κ1) is 18.0. The van der Waals surface area contributed by atoms with Gasteiger partial charge in [0.25, 0.3) is 0 Å². The molecule has 5 heteroatoms. The average Bonchev–Trinajstić information content (AvgIpc) is 2.55. The molecule has 0 spiro atoms. The van der Waals surface area contributed by atoms with Gasteiger partial charge in [0.1, 0.15) is 11.4 Å². The Hall–Kier alpha value is -1.78. The molecule has 3 atom stereocenters. The van der Waals surface area contributed by atoms with Crippen LogP contribution in [-0.4, -0.2) is 22.7 Å². The number of fused-ring (bicyclic) bond motifs is 1. The number of rotatable bonds is 3. The second-order valence-electron chi connectivity index (χ2n) is 8.52. The molecule has 2 saturated carbocycles. The Labute approximate surface area is 150 Å². The number of carbonyl (C=O) groups is 1. The maximum absolute atomic E-state index is 11.8. The van der Waals surface area contributed by atoms with Crippen LogP contribution in [0.3, 0.4) is 0 Å². The third-order valence-electron chi connectivity index (χ3n) is 5.30. The van der Waals surface area contributed by atoms with Crippen molar-refractivity contribution < 1.29 is 9.53 Å². The molecule has 0 radical (unpaired) electrons. The van der Waals surface area contributed by atoms with Crippen LogP contribution in [0.5, 0.6) is 0 Å². The molecule has 0 saturated heterocycles. The number of carbonyl (C=O) groups excluding carboxylic acids is 1. The van der Waals surface area contributed by atoms with Gasteiger partial charge in [-0.25, -0.2) is 9.78 Å². The summed E-state index contributed by atoms with van der Waals surface area (Å²) in [5, 5.41) is 6.29. The van der Waals surface area contributed by atoms with Crippen molar-refractivity contribution in [1.82, 2.24) is 4.98 Å². The molecule has 3 unspecified atom stereocenters. The van der Waals surface area contributed by atoms with Gasteiger partial charge in [-0.05, 0) is 64.0 Å². The molecule has 1 heterocycles. The van der Waals surface area contributed by atoms with Crippen LogP contribution < -0.4 is 10.6 Å². The molecule has 1 aromatic heterocycles. The highest BCUT2D eigenvalue weighted by Gasteiger charge is 2.32. The van der Waals surface area contributed by atoms with Crippen molar-refractivity contribution in [2.45, 2.75) is 77.4 Å². The zero-order valence-electron chi connectivity index (χ0n) is 15.7. The standard InChI is InChI=1S/C20H31N3O2/c1-20(2,3)25-19(24)23-18-11-10-17(13-21-18)22-16-9-8-14-6-4-5-7-15(14)12-16/h10-11,13-16,22H,4-9,12H2,1-3H3,(H,21,23,24). The molecule has 2 fully saturated rings. The normalized spacial score (nSPS) is 26.4. The van der Waals surface area contributed by atoms with E-state index in [9.17, 15) is 4.79 Å². The molecule has 2 aliphatic rings. The zero-order valence-corrected chi connectivity index (χ0v) is 15.7. The minimum absolute atomic E-state index is 0.476. The molecule has 3 rings (SSSR count). The topological polar surface area (TPSA) is 63.2 Å². The van der Waals surface area contributed by atoms with Crippen molar-refractivity contribution in [3.63, 3.8) is 0 Å². The SMILES string of the molecule is CC(C)(C)OC(=O)Nc1ccc(NC2CCC3CCCCC3C2)cn1. The highest BCUT2D eigenvalue weighted by atomic mass is 16.6.